The molecule has 0 bridgehead atoms. The SMILES string of the molecule is CCCCCOCC(NC)C(=O)OCC. The first-order valence-electron chi connectivity index (χ1n) is 5.67. The molecule has 0 rings (SSSR count). The fraction of sp³-hybridized carbons (Fsp3) is 0.909. The summed E-state index contributed by atoms with van der Waals surface area (Å²) in [5, 5.41) is 2.88. The van der Waals surface area contributed by atoms with Gasteiger partial charge in [0.2, 0.25) is 0 Å². The maximum Gasteiger partial charge on any atom is 0.325 e. The summed E-state index contributed by atoms with van der Waals surface area (Å²) in [6, 6.07) is -0.341. The van der Waals surface area contributed by atoms with Crippen LogP contribution >= 0.6 is 0 Å². The third-order valence-corrected chi connectivity index (χ3v) is 2.10. The van der Waals surface area contributed by atoms with Crippen molar-refractivity contribution in [2.75, 3.05) is 26.9 Å². The van der Waals surface area contributed by atoms with E-state index in [4.69, 9.17) is 9.47 Å². The molecular formula is C11H23NO3. The summed E-state index contributed by atoms with van der Waals surface area (Å²) in [5.74, 6) is -0.240. The van der Waals surface area contributed by atoms with Gasteiger partial charge in [0, 0.05) is 6.61 Å². The molecule has 0 aromatic heterocycles. The molecule has 0 aromatic rings. The van der Waals surface area contributed by atoms with Crippen LogP contribution in [-0.2, 0) is 14.3 Å². The third kappa shape index (κ3) is 7.33. The van der Waals surface area contributed by atoms with E-state index in [9.17, 15) is 4.79 Å². The molecule has 1 atom stereocenters. The van der Waals surface area contributed by atoms with E-state index in [0.717, 1.165) is 6.42 Å². The lowest BCUT2D eigenvalue weighted by Crippen LogP contribution is -2.39. The maximum absolute atomic E-state index is 11.3. The van der Waals surface area contributed by atoms with E-state index in [1.165, 1.54) is 12.8 Å². The molecule has 0 amide bonds. The number of hydrogen-bond donors (Lipinski definition) is 1. The second-order valence-corrected chi connectivity index (χ2v) is 3.38. The minimum Gasteiger partial charge on any atom is -0.465 e. The van der Waals surface area contributed by atoms with Crippen LogP contribution in [0.3, 0.4) is 0 Å². The Morgan fingerprint density at radius 2 is 2.07 bits per heavy atom. The fourth-order valence-electron chi connectivity index (χ4n) is 1.17. The smallest absolute Gasteiger partial charge is 0.325 e. The third-order valence-electron chi connectivity index (χ3n) is 2.10. The van der Waals surface area contributed by atoms with E-state index in [0.29, 0.717) is 19.8 Å². The Morgan fingerprint density at radius 3 is 2.60 bits per heavy atom. The monoisotopic (exact) mass is 217 g/mol. The molecule has 0 heterocycles. The van der Waals surface area contributed by atoms with Crippen LogP contribution in [0.2, 0.25) is 0 Å². The molecule has 1 unspecified atom stereocenters. The van der Waals surface area contributed by atoms with Gasteiger partial charge in [0.05, 0.1) is 13.2 Å². The van der Waals surface area contributed by atoms with Gasteiger partial charge in [-0.2, -0.15) is 0 Å². The molecule has 4 heteroatoms. The van der Waals surface area contributed by atoms with Gasteiger partial charge < -0.3 is 14.8 Å². The second kappa shape index (κ2) is 9.93. The van der Waals surface area contributed by atoms with Crippen LogP contribution in [0.25, 0.3) is 0 Å². The number of unbranched alkanes of at least 4 members (excludes halogenated alkanes) is 2. The van der Waals surface area contributed by atoms with Crippen molar-refractivity contribution in [3.8, 4) is 0 Å². The molecule has 4 nitrogen and oxygen atoms in total. The molecule has 90 valence electrons. The number of carbonyl (C=O) groups is 1. The standard InChI is InChI=1S/C11H23NO3/c1-4-6-7-8-14-9-10(12-3)11(13)15-5-2/h10,12H,4-9H2,1-3H3. The van der Waals surface area contributed by atoms with Crippen LogP contribution in [0, 0.1) is 0 Å². The van der Waals surface area contributed by atoms with E-state index in [1.54, 1.807) is 14.0 Å². The predicted octanol–water partition coefficient (Wildman–Crippen LogP) is 1.34. The first-order chi connectivity index (χ1) is 7.26. The predicted molar refractivity (Wildman–Crippen MR) is 59.8 cm³/mol. The highest BCUT2D eigenvalue weighted by atomic mass is 16.5. The van der Waals surface area contributed by atoms with Crippen LogP contribution in [0.1, 0.15) is 33.1 Å². The molecule has 0 saturated heterocycles. The highest BCUT2D eigenvalue weighted by molar-refractivity contribution is 5.75. The summed E-state index contributed by atoms with van der Waals surface area (Å²) in [4.78, 5) is 11.3. The van der Waals surface area contributed by atoms with Gasteiger partial charge in [-0.25, -0.2) is 0 Å². The van der Waals surface area contributed by atoms with Crippen LogP contribution in [-0.4, -0.2) is 38.9 Å². The number of nitrogens with one attached hydrogen (secondary N) is 1. The van der Waals surface area contributed by atoms with Crippen molar-refractivity contribution in [2.24, 2.45) is 0 Å². The quantitative estimate of drug-likeness (QED) is 0.468. The molecule has 0 saturated carbocycles. The summed E-state index contributed by atoms with van der Waals surface area (Å²) < 4.78 is 10.3. The van der Waals surface area contributed by atoms with Crippen molar-refractivity contribution < 1.29 is 14.3 Å². The van der Waals surface area contributed by atoms with E-state index >= 15 is 0 Å². The zero-order chi connectivity index (χ0) is 11.5. The van der Waals surface area contributed by atoms with Crippen molar-refractivity contribution in [2.45, 2.75) is 39.2 Å². The summed E-state index contributed by atoms with van der Waals surface area (Å²) in [5.41, 5.74) is 0. The number of likely N-dealkylation sites (N-methyl/N-ethyl adjacent to an activating group) is 1. The lowest BCUT2D eigenvalue weighted by atomic mass is 10.3. The van der Waals surface area contributed by atoms with Gasteiger partial charge in [-0.15, -0.1) is 0 Å². The largest absolute Gasteiger partial charge is 0.465 e. The minimum absolute atomic E-state index is 0.240. The van der Waals surface area contributed by atoms with Crippen LogP contribution in [0.15, 0.2) is 0 Å². The Balaban J connectivity index is 3.56. The summed E-state index contributed by atoms with van der Waals surface area (Å²) >= 11 is 0. The van der Waals surface area contributed by atoms with E-state index < -0.39 is 0 Å². The Morgan fingerprint density at radius 1 is 1.33 bits per heavy atom. The number of hydrogen-bond acceptors (Lipinski definition) is 4. The fourth-order valence-corrected chi connectivity index (χ4v) is 1.17. The van der Waals surface area contributed by atoms with E-state index in [1.807, 2.05) is 0 Å². The van der Waals surface area contributed by atoms with E-state index in [2.05, 4.69) is 12.2 Å². The normalized spacial score (nSPS) is 12.5. The van der Waals surface area contributed by atoms with Crippen molar-refractivity contribution in [1.29, 1.82) is 0 Å². The molecule has 0 aliphatic rings. The van der Waals surface area contributed by atoms with Gasteiger partial charge in [0.25, 0.3) is 0 Å². The average Bonchev–Trinajstić information content (AvgIpc) is 2.23. The molecule has 15 heavy (non-hydrogen) atoms. The first kappa shape index (κ1) is 14.4. The molecule has 1 N–H and O–H groups in total. The zero-order valence-electron chi connectivity index (χ0n) is 10.0. The number of carbonyl (C=O) groups excluding carboxylic acids is 1. The molecule has 0 fully saturated rings. The van der Waals surface area contributed by atoms with Crippen molar-refractivity contribution >= 4 is 5.97 Å². The average molecular weight is 217 g/mol. The van der Waals surface area contributed by atoms with Crippen LogP contribution in [0.4, 0.5) is 0 Å². The van der Waals surface area contributed by atoms with Gasteiger partial charge in [0.15, 0.2) is 0 Å². The van der Waals surface area contributed by atoms with Gasteiger partial charge in [-0.3, -0.25) is 4.79 Å². The number of rotatable bonds is 9. The number of ether oxygens (including phenoxy) is 2. The molecule has 0 radical (unpaired) electrons. The Kier molecular flexibility index (Phi) is 9.52. The Labute approximate surface area is 92.3 Å². The zero-order valence-corrected chi connectivity index (χ0v) is 10.0. The minimum atomic E-state index is -0.341. The van der Waals surface area contributed by atoms with Gasteiger partial charge in [-0.1, -0.05) is 19.8 Å². The topological polar surface area (TPSA) is 47.6 Å². The number of esters is 1. The second-order valence-electron chi connectivity index (χ2n) is 3.38. The summed E-state index contributed by atoms with van der Waals surface area (Å²) in [6.45, 7) is 5.46. The molecule has 0 spiro atoms. The van der Waals surface area contributed by atoms with Crippen molar-refractivity contribution in [1.82, 2.24) is 5.32 Å². The molecule has 0 aliphatic heterocycles. The molecular weight excluding hydrogens is 194 g/mol. The first-order valence-corrected chi connectivity index (χ1v) is 5.67. The lowest BCUT2D eigenvalue weighted by molar-refractivity contribution is -0.147. The van der Waals surface area contributed by atoms with Crippen molar-refractivity contribution in [3.63, 3.8) is 0 Å². The maximum atomic E-state index is 11.3. The van der Waals surface area contributed by atoms with Crippen molar-refractivity contribution in [3.05, 3.63) is 0 Å². The summed E-state index contributed by atoms with van der Waals surface area (Å²) in [6.07, 6.45) is 3.40. The van der Waals surface area contributed by atoms with Gasteiger partial charge in [-0.05, 0) is 20.4 Å². The summed E-state index contributed by atoms with van der Waals surface area (Å²) in [7, 11) is 1.73. The highest BCUT2D eigenvalue weighted by Crippen LogP contribution is 1.96. The van der Waals surface area contributed by atoms with Crippen LogP contribution < -0.4 is 5.32 Å². The molecule has 0 aromatic carbocycles. The lowest BCUT2D eigenvalue weighted by Gasteiger charge is -2.14. The highest BCUT2D eigenvalue weighted by Gasteiger charge is 2.17. The van der Waals surface area contributed by atoms with Crippen LogP contribution in [0.5, 0.6) is 0 Å². The van der Waals surface area contributed by atoms with Gasteiger partial charge >= 0.3 is 5.97 Å². The Bertz CT molecular complexity index is 162. The van der Waals surface area contributed by atoms with E-state index in [-0.39, 0.29) is 12.0 Å². The molecule has 0 aliphatic carbocycles. The van der Waals surface area contributed by atoms with Gasteiger partial charge in [0.1, 0.15) is 6.04 Å². The Hall–Kier alpha value is -0.610.